The van der Waals surface area contributed by atoms with Gasteiger partial charge in [0.05, 0.1) is 17.9 Å². The van der Waals surface area contributed by atoms with Crippen LogP contribution in [0.5, 0.6) is 17.4 Å². The molecule has 0 spiro atoms. The van der Waals surface area contributed by atoms with Gasteiger partial charge in [-0.05, 0) is 42.0 Å². The van der Waals surface area contributed by atoms with Gasteiger partial charge in [-0.2, -0.15) is 18.4 Å². The Morgan fingerprint density at radius 2 is 1.79 bits per heavy atom. The van der Waals surface area contributed by atoms with Gasteiger partial charge in [-0.3, -0.25) is 4.79 Å². The van der Waals surface area contributed by atoms with Crippen LogP contribution in [0.2, 0.25) is 0 Å². The zero-order valence-corrected chi connectivity index (χ0v) is 14.8. The first-order chi connectivity index (χ1) is 13.9. The molecule has 1 aromatic heterocycles. The molecule has 8 heteroatoms. The van der Waals surface area contributed by atoms with Crippen molar-refractivity contribution in [3.63, 3.8) is 0 Å². The number of halogens is 3. The molecule has 5 nitrogen and oxygen atoms in total. The highest BCUT2D eigenvalue weighted by molar-refractivity contribution is 5.89. The molecule has 0 fully saturated rings. The Hall–Kier alpha value is -3.73. The standard InChI is InChI=1S/C21H14F3NO4/c22-21(23,24)15-4-1-3-14(11-15)18(12-25)19(26)13-28-16-6-8-17(9-7-16)29-20-5-2-10-27-20/h1-11,18H,13H2. The van der Waals surface area contributed by atoms with Gasteiger partial charge in [0.25, 0.3) is 5.95 Å². The number of ketones is 1. The number of carbonyl (C=O) groups excluding carboxylic acids is 1. The number of Topliss-reactive ketones (excluding diaryl/α,β-unsaturated/α-hetero) is 1. The highest BCUT2D eigenvalue weighted by Gasteiger charge is 2.32. The van der Waals surface area contributed by atoms with Crippen LogP contribution in [0.25, 0.3) is 0 Å². The van der Waals surface area contributed by atoms with E-state index in [0.717, 1.165) is 18.2 Å². The maximum Gasteiger partial charge on any atom is 0.416 e. The molecule has 1 atom stereocenters. The van der Waals surface area contributed by atoms with Crippen LogP contribution in [-0.4, -0.2) is 12.4 Å². The van der Waals surface area contributed by atoms with Crippen LogP contribution in [0.4, 0.5) is 13.2 Å². The Morgan fingerprint density at radius 1 is 1.07 bits per heavy atom. The Balaban J connectivity index is 1.62. The van der Waals surface area contributed by atoms with Crippen molar-refractivity contribution in [2.45, 2.75) is 12.1 Å². The van der Waals surface area contributed by atoms with Gasteiger partial charge in [0.15, 0.2) is 5.78 Å². The molecule has 0 amide bonds. The average molecular weight is 401 g/mol. The zero-order chi connectivity index (χ0) is 20.9. The molecular formula is C21H14F3NO4. The van der Waals surface area contributed by atoms with Crippen LogP contribution in [-0.2, 0) is 11.0 Å². The number of nitrogens with zero attached hydrogens (tertiary/aromatic N) is 1. The minimum absolute atomic E-state index is 0.0295. The van der Waals surface area contributed by atoms with Gasteiger partial charge in [0.2, 0.25) is 0 Å². The first-order valence-electron chi connectivity index (χ1n) is 8.40. The molecule has 0 saturated heterocycles. The quantitative estimate of drug-likeness (QED) is 0.534. The predicted octanol–water partition coefficient (Wildman–Crippen LogP) is 5.35. The van der Waals surface area contributed by atoms with Crippen molar-refractivity contribution in [1.82, 2.24) is 0 Å². The molecule has 1 heterocycles. The van der Waals surface area contributed by atoms with E-state index in [1.165, 1.54) is 12.3 Å². The van der Waals surface area contributed by atoms with E-state index in [-0.39, 0.29) is 5.56 Å². The molecule has 29 heavy (non-hydrogen) atoms. The molecule has 0 N–H and O–H groups in total. The summed E-state index contributed by atoms with van der Waals surface area (Å²) in [6, 6.07) is 15.5. The van der Waals surface area contributed by atoms with Crippen molar-refractivity contribution in [2.75, 3.05) is 6.61 Å². The van der Waals surface area contributed by atoms with Crippen LogP contribution in [0.3, 0.4) is 0 Å². The molecule has 148 valence electrons. The second-order valence-electron chi connectivity index (χ2n) is 5.95. The molecule has 1 unspecified atom stereocenters. The van der Waals surface area contributed by atoms with Crippen LogP contribution in [0.15, 0.2) is 71.3 Å². The third-order valence-corrected chi connectivity index (χ3v) is 3.92. The van der Waals surface area contributed by atoms with Crippen molar-refractivity contribution in [3.05, 3.63) is 78.1 Å². The molecule has 0 saturated carbocycles. The minimum Gasteiger partial charge on any atom is -0.486 e. The summed E-state index contributed by atoms with van der Waals surface area (Å²) < 4.78 is 54.4. The van der Waals surface area contributed by atoms with Crippen molar-refractivity contribution >= 4 is 5.78 Å². The molecule has 0 radical (unpaired) electrons. The lowest BCUT2D eigenvalue weighted by Crippen LogP contribution is -2.19. The Morgan fingerprint density at radius 3 is 2.41 bits per heavy atom. The third kappa shape index (κ3) is 5.17. The molecule has 0 aliphatic heterocycles. The van der Waals surface area contributed by atoms with Gasteiger partial charge in [0.1, 0.15) is 24.0 Å². The maximum absolute atomic E-state index is 12.8. The second-order valence-corrected chi connectivity index (χ2v) is 5.95. The SMILES string of the molecule is N#CC(C(=O)COc1ccc(Oc2ccco2)cc1)c1cccc(C(F)(F)F)c1. The summed E-state index contributed by atoms with van der Waals surface area (Å²) >= 11 is 0. The number of hydrogen-bond acceptors (Lipinski definition) is 5. The Labute approximate surface area is 163 Å². The molecule has 0 aliphatic rings. The van der Waals surface area contributed by atoms with Gasteiger partial charge in [-0.1, -0.05) is 18.2 Å². The fourth-order valence-electron chi connectivity index (χ4n) is 2.51. The fraction of sp³-hybridized carbons (Fsp3) is 0.143. The summed E-state index contributed by atoms with van der Waals surface area (Å²) in [6.07, 6.45) is -3.09. The topological polar surface area (TPSA) is 72.5 Å². The number of benzene rings is 2. The first kappa shape index (κ1) is 20.0. The number of rotatable bonds is 7. The summed E-state index contributed by atoms with van der Waals surface area (Å²) in [5.41, 5.74) is -0.950. The van der Waals surface area contributed by atoms with E-state index >= 15 is 0 Å². The number of hydrogen-bond donors (Lipinski definition) is 0. The Kier molecular flexibility index (Phi) is 5.88. The Bertz CT molecular complexity index is 1010. The number of carbonyl (C=O) groups is 1. The van der Waals surface area contributed by atoms with E-state index in [4.69, 9.17) is 13.9 Å². The minimum atomic E-state index is -4.56. The summed E-state index contributed by atoms with van der Waals surface area (Å²) in [5.74, 6) is -0.878. The van der Waals surface area contributed by atoms with E-state index in [1.54, 1.807) is 42.5 Å². The van der Waals surface area contributed by atoms with E-state index < -0.39 is 30.0 Å². The van der Waals surface area contributed by atoms with Gasteiger partial charge in [-0.25, -0.2) is 0 Å². The van der Waals surface area contributed by atoms with Crippen molar-refractivity contribution in [2.24, 2.45) is 0 Å². The number of ether oxygens (including phenoxy) is 2. The zero-order valence-electron chi connectivity index (χ0n) is 14.8. The highest BCUT2D eigenvalue weighted by Crippen LogP contribution is 2.31. The first-order valence-corrected chi connectivity index (χ1v) is 8.40. The van der Waals surface area contributed by atoms with Gasteiger partial charge < -0.3 is 13.9 Å². The van der Waals surface area contributed by atoms with Crippen LogP contribution < -0.4 is 9.47 Å². The normalized spacial score (nSPS) is 12.1. The number of alkyl halides is 3. The van der Waals surface area contributed by atoms with Crippen LogP contribution in [0, 0.1) is 11.3 Å². The van der Waals surface area contributed by atoms with E-state index in [1.807, 2.05) is 0 Å². The number of nitriles is 1. The molecule has 0 bridgehead atoms. The summed E-state index contributed by atoms with van der Waals surface area (Å²) in [7, 11) is 0. The molecule has 2 aromatic carbocycles. The summed E-state index contributed by atoms with van der Waals surface area (Å²) in [6.45, 7) is -0.465. The van der Waals surface area contributed by atoms with Gasteiger partial charge in [-0.15, -0.1) is 0 Å². The molecule has 3 aromatic rings. The van der Waals surface area contributed by atoms with Crippen molar-refractivity contribution in [1.29, 1.82) is 5.26 Å². The highest BCUT2D eigenvalue weighted by atomic mass is 19.4. The second kappa shape index (κ2) is 8.52. The van der Waals surface area contributed by atoms with E-state index in [0.29, 0.717) is 17.4 Å². The lowest BCUT2D eigenvalue weighted by Gasteiger charge is -2.13. The van der Waals surface area contributed by atoms with E-state index in [9.17, 15) is 23.2 Å². The fourth-order valence-corrected chi connectivity index (χ4v) is 2.51. The largest absolute Gasteiger partial charge is 0.486 e. The van der Waals surface area contributed by atoms with Crippen LogP contribution in [0.1, 0.15) is 17.0 Å². The molecular weight excluding hydrogens is 387 g/mol. The van der Waals surface area contributed by atoms with E-state index in [2.05, 4.69) is 0 Å². The maximum atomic E-state index is 12.8. The van der Waals surface area contributed by atoms with Crippen molar-refractivity contribution < 1.29 is 31.9 Å². The lowest BCUT2D eigenvalue weighted by molar-refractivity contribution is -0.137. The third-order valence-electron chi connectivity index (χ3n) is 3.92. The average Bonchev–Trinajstić information content (AvgIpc) is 3.21. The molecule has 3 rings (SSSR count). The monoisotopic (exact) mass is 401 g/mol. The van der Waals surface area contributed by atoms with Gasteiger partial charge in [0, 0.05) is 6.07 Å². The van der Waals surface area contributed by atoms with Crippen molar-refractivity contribution in [3.8, 4) is 23.5 Å². The van der Waals surface area contributed by atoms with Gasteiger partial charge >= 0.3 is 6.18 Å². The predicted molar refractivity (Wildman–Crippen MR) is 95.5 cm³/mol. The molecule has 0 aliphatic carbocycles. The lowest BCUT2D eigenvalue weighted by atomic mass is 9.95. The summed E-state index contributed by atoms with van der Waals surface area (Å²) in [5, 5.41) is 9.27. The smallest absolute Gasteiger partial charge is 0.416 e. The summed E-state index contributed by atoms with van der Waals surface area (Å²) in [4.78, 5) is 12.3. The number of furan rings is 1. The van der Waals surface area contributed by atoms with Crippen LogP contribution >= 0.6 is 0 Å².